The molecule has 0 spiro atoms. The van der Waals surface area contributed by atoms with Gasteiger partial charge in [0.1, 0.15) is 11.6 Å². The van der Waals surface area contributed by atoms with E-state index in [1.807, 2.05) is 0 Å². The van der Waals surface area contributed by atoms with E-state index >= 15 is 0 Å². The topological polar surface area (TPSA) is 70.4 Å². The van der Waals surface area contributed by atoms with Gasteiger partial charge in [-0.15, -0.1) is 0 Å². The lowest BCUT2D eigenvalue weighted by Gasteiger charge is -2.28. The molecule has 5 nitrogen and oxygen atoms in total. The summed E-state index contributed by atoms with van der Waals surface area (Å²) in [4.78, 5) is 25.1. The maximum absolute atomic E-state index is 12.6. The van der Waals surface area contributed by atoms with Crippen LogP contribution in [0, 0.1) is 17.2 Å². The minimum atomic E-state index is -4.76. The van der Waals surface area contributed by atoms with Crippen LogP contribution in [0.15, 0.2) is 0 Å². The van der Waals surface area contributed by atoms with Gasteiger partial charge in [-0.05, 0) is 33.6 Å². The quantitative estimate of drug-likeness (QED) is 0.749. The smallest absolute Gasteiger partial charge is 0.404 e. The fraction of sp³-hybridized carbons (Fsp3) is 0.786. The first-order chi connectivity index (χ1) is 9.95. The molecule has 124 valence electrons. The number of ether oxygens (including phenoxy) is 1. The molecule has 1 amide bonds. The van der Waals surface area contributed by atoms with Gasteiger partial charge in [-0.25, -0.2) is 4.79 Å². The van der Waals surface area contributed by atoms with Gasteiger partial charge in [0.15, 0.2) is 5.92 Å². The third kappa shape index (κ3) is 4.90. The molecule has 1 rings (SSSR count). The number of carbonyl (C=O) groups excluding carboxylic acids is 2. The number of hydrogen-bond acceptors (Lipinski definition) is 4. The highest BCUT2D eigenvalue weighted by molar-refractivity contribution is 5.85. The molecule has 2 atom stereocenters. The molecule has 0 bridgehead atoms. The van der Waals surface area contributed by atoms with Crippen molar-refractivity contribution in [3.63, 3.8) is 0 Å². The molecular formula is C14H19F3N2O3. The Kier molecular flexibility index (Phi) is 5.44. The third-order valence-corrected chi connectivity index (χ3v) is 3.18. The highest BCUT2D eigenvalue weighted by atomic mass is 19.4. The lowest BCUT2D eigenvalue weighted by Crippen LogP contribution is -2.44. The SMILES string of the molecule is CC(C)(C)OC(=O)[C@@H]1CCCN1C(=O)CC(C#N)C(F)(F)F. The number of amides is 1. The van der Waals surface area contributed by atoms with Crippen LogP contribution in [0.2, 0.25) is 0 Å². The first-order valence-electron chi connectivity index (χ1n) is 6.94. The summed E-state index contributed by atoms with van der Waals surface area (Å²) in [5, 5.41) is 8.55. The number of esters is 1. The van der Waals surface area contributed by atoms with Gasteiger partial charge in [-0.1, -0.05) is 0 Å². The predicted octanol–water partition coefficient (Wildman–Crippen LogP) is 2.41. The van der Waals surface area contributed by atoms with E-state index in [9.17, 15) is 22.8 Å². The van der Waals surface area contributed by atoms with Gasteiger partial charge in [0.05, 0.1) is 12.5 Å². The number of rotatable bonds is 3. The average Bonchev–Trinajstić information content (AvgIpc) is 2.81. The van der Waals surface area contributed by atoms with Crippen molar-refractivity contribution < 1.29 is 27.5 Å². The van der Waals surface area contributed by atoms with Crippen LogP contribution >= 0.6 is 0 Å². The summed E-state index contributed by atoms with van der Waals surface area (Å²) in [6, 6.07) is 0.214. The van der Waals surface area contributed by atoms with Gasteiger partial charge < -0.3 is 9.64 Å². The molecule has 0 radical (unpaired) electrons. The summed E-state index contributed by atoms with van der Waals surface area (Å²) in [6.45, 7) is 5.20. The fourth-order valence-electron chi connectivity index (χ4n) is 2.21. The second kappa shape index (κ2) is 6.55. The summed E-state index contributed by atoms with van der Waals surface area (Å²) in [5.74, 6) is -3.84. The van der Waals surface area contributed by atoms with Crippen molar-refractivity contribution in [3.05, 3.63) is 0 Å². The van der Waals surface area contributed by atoms with Gasteiger partial charge in [-0.3, -0.25) is 4.79 Å². The van der Waals surface area contributed by atoms with Crippen molar-refractivity contribution in [2.45, 2.75) is 57.9 Å². The molecule has 1 unspecified atom stereocenters. The number of halogens is 3. The van der Waals surface area contributed by atoms with Crippen LogP contribution in [-0.4, -0.2) is 41.1 Å². The van der Waals surface area contributed by atoms with Gasteiger partial charge in [0.25, 0.3) is 0 Å². The maximum atomic E-state index is 12.6. The molecule has 0 N–H and O–H groups in total. The van der Waals surface area contributed by atoms with Crippen molar-refractivity contribution in [1.29, 1.82) is 5.26 Å². The Bertz CT molecular complexity index is 477. The summed E-state index contributed by atoms with van der Waals surface area (Å²) in [7, 11) is 0. The molecule has 1 heterocycles. The van der Waals surface area contributed by atoms with Gasteiger partial charge in [0, 0.05) is 6.54 Å². The monoisotopic (exact) mass is 320 g/mol. The number of alkyl halides is 3. The molecule has 0 aliphatic carbocycles. The van der Waals surface area contributed by atoms with Crippen LogP contribution in [-0.2, 0) is 14.3 Å². The van der Waals surface area contributed by atoms with Crippen LogP contribution in [0.1, 0.15) is 40.0 Å². The highest BCUT2D eigenvalue weighted by Gasteiger charge is 2.44. The van der Waals surface area contributed by atoms with Gasteiger partial charge in [-0.2, -0.15) is 18.4 Å². The number of carbonyl (C=O) groups is 2. The lowest BCUT2D eigenvalue weighted by molar-refractivity contribution is -0.170. The molecule has 8 heteroatoms. The zero-order chi connectivity index (χ0) is 17.1. The fourth-order valence-corrected chi connectivity index (χ4v) is 2.21. The molecule has 0 aromatic carbocycles. The van der Waals surface area contributed by atoms with E-state index in [0.29, 0.717) is 12.8 Å². The van der Waals surface area contributed by atoms with E-state index in [2.05, 4.69) is 0 Å². The molecular weight excluding hydrogens is 301 g/mol. The normalized spacial score (nSPS) is 20.4. The van der Waals surface area contributed by atoms with E-state index in [4.69, 9.17) is 10.00 Å². The summed E-state index contributed by atoms with van der Waals surface area (Å²) in [6.07, 6.45) is -4.87. The largest absolute Gasteiger partial charge is 0.458 e. The van der Waals surface area contributed by atoms with E-state index in [0.717, 1.165) is 11.0 Å². The molecule has 1 saturated heterocycles. The van der Waals surface area contributed by atoms with Crippen molar-refractivity contribution in [2.24, 2.45) is 5.92 Å². The van der Waals surface area contributed by atoms with E-state index in [1.54, 1.807) is 20.8 Å². The predicted molar refractivity (Wildman–Crippen MR) is 70.4 cm³/mol. The van der Waals surface area contributed by atoms with Crippen LogP contribution in [0.5, 0.6) is 0 Å². The first-order valence-corrected chi connectivity index (χ1v) is 6.94. The first kappa shape index (κ1) is 18.3. The Morgan fingerprint density at radius 3 is 2.41 bits per heavy atom. The minimum Gasteiger partial charge on any atom is -0.458 e. The van der Waals surface area contributed by atoms with Crippen molar-refractivity contribution in [1.82, 2.24) is 4.90 Å². The Morgan fingerprint density at radius 2 is 1.95 bits per heavy atom. The zero-order valence-electron chi connectivity index (χ0n) is 12.7. The van der Waals surface area contributed by atoms with Crippen molar-refractivity contribution in [2.75, 3.05) is 6.54 Å². The van der Waals surface area contributed by atoms with Crippen LogP contribution in [0.25, 0.3) is 0 Å². The maximum Gasteiger partial charge on any atom is 0.404 e. The lowest BCUT2D eigenvalue weighted by atomic mass is 10.1. The molecule has 0 aromatic rings. The molecule has 1 fully saturated rings. The van der Waals surface area contributed by atoms with Crippen molar-refractivity contribution >= 4 is 11.9 Å². The number of hydrogen-bond donors (Lipinski definition) is 0. The molecule has 1 aliphatic rings. The standard InChI is InChI=1S/C14H19F3N2O3/c1-13(2,3)22-12(21)10-5-4-6-19(10)11(20)7-9(8-18)14(15,16)17/h9-10H,4-7H2,1-3H3/t9?,10-/m0/s1. The summed E-state index contributed by atoms with van der Waals surface area (Å²) >= 11 is 0. The zero-order valence-corrected chi connectivity index (χ0v) is 12.7. The molecule has 0 saturated carbocycles. The number of nitriles is 1. The van der Waals surface area contributed by atoms with E-state index in [-0.39, 0.29) is 6.54 Å². The second-order valence-corrected chi connectivity index (χ2v) is 6.21. The van der Waals surface area contributed by atoms with Crippen LogP contribution in [0.4, 0.5) is 13.2 Å². The number of nitrogens with zero attached hydrogens (tertiary/aromatic N) is 2. The highest BCUT2D eigenvalue weighted by Crippen LogP contribution is 2.30. The van der Waals surface area contributed by atoms with E-state index in [1.165, 1.54) is 0 Å². The Hall–Kier alpha value is -1.78. The van der Waals surface area contributed by atoms with Crippen LogP contribution < -0.4 is 0 Å². The van der Waals surface area contributed by atoms with Gasteiger partial charge in [0.2, 0.25) is 5.91 Å². The summed E-state index contributed by atoms with van der Waals surface area (Å²) < 4.78 is 42.9. The summed E-state index contributed by atoms with van der Waals surface area (Å²) in [5.41, 5.74) is -0.741. The third-order valence-electron chi connectivity index (χ3n) is 3.18. The molecule has 22 heavy (non-hydrogen) atoms. The van der Waals surface area contributed by atoms with E-state index < -0.39 is 42.0 Å². The Balaban J connectivity index is 2.76. The van der Waals surface area contributed by atoms with Gasteiger partial charge >= 0.3 is 12.1 Å². The second-order valence-electron chi connectivity index (χ2n) is 6.21. The average molecular weight is 320 g/mol. The Labute approximate surface area is 127 Å². The molecule has 0 aromatic heterocycles. The Morgan fingerprint density at radius 1 is 1.36 bits per heavy atom. The van der Waals surface area contributed by atoms with Crippen LogP contribution in [0.3, 0.4) is 0 Å². The number of likely N-dealkylation sites (tertiary alicyclic amines) is 1. The minimum absolute atomic E-state index is 0.193. The van der Waals surface area contributed by atoms with Crippen molar-refractivity contribution in [3.8, 4) is 6.07 Å². The molecule has 1 aliphatic heterocycles.